The van der Waals surface area contributed by atoms with Crippen molar-refractivity contribution in [2.45, 2.75) is 32.5 Å². The summed E-state index contributed by atoms with van der Waals surface area (Å²) in [6.07, 6.45) is 2.53. The van der Waals surface area contributed by atoms with Gasteiger partial charge in [0.25, 0.3) is 0 Å². The molecule has 2 aromatic rings. The molecule has 138 valence electrons. The Morgan fingerprint density at radius 2 is 1.77 bits per heavy atom. The maximum atomic E-state index is 13.3. The van der Waals surface area contributed by atoms with Crippen LogP contribution >= 0.6 is 0 Å². The van der Waals surface area contributed by atoms with Crippen molar-refractivity contribution in [1.82, 2.24) is 0 Å². The molecular weight excluding hydrogens is 338 g/mol. The zero-order valence-corrected chi connectivity index (χ0v) is 14.8. The quantitative estimate of drug-likeness (QED) is 0.740. The van der Waals surface area contributed by atoms with Gasteiger partial charge in [-0.1, -0.05) is 56.3 Å². The Morgan fingerprint density at radius 1 is 1.15 bits per heavy atom. The van der Waals surface area contributed by atoms with Gasteiger partial charge < -0.3 is 9.84 Å². The molecule has 0 bridgehead atoms. The number of carbonyl (C=O) groups excluding carboxylic acids is 1. The maximum absolute atomic E-state index is 13.3. The summed E-state index contributed by atoms with van der Waals surface area (Å²) in [7, 11) is 0. The number of carbonyl (C=O) groups is 1. The summed E-state index contributed by atoms with van der Waals surface area (Å²) in [5, 5.41) is 10.8. The average molecular weight is 360 g/mol. The van der Waals surface area contributed by atoms with Crippen molar-refractivity contribution in [2.75, 3.05) is 0 Å². The molecule has 2 rings (SSSR count). The summed E-state index contributed by atoms with van der Waals surface area (Å²) >= 11 is 0. The lowest BCUT2D eigenvalue weighted by molar-refractivity contribution is -0.150. The minimum atomic E-state index is -1.49. The first-order valence-electron chi connectivity index (χ1n) is 8.36. The number of hydrogen-bond acceptors (Lipinski definition) is 3. The molecule has 0 amide bonds. The molecule has 0 aliphatic carbocycles. The Kier molecular flexibility index (Phi) is 6.64. The first-order valence-corrected chi connectivity index (χ1v) is 8.36. The number of benzene rings is 2. The highest BCUT2D eigenvalue weighted by molar-refractivity contribution is 5.71. The molecule has 0 aliphatic rings. The lowest BCUT2D eigenvalue weighted by Gasteiger charge is -2.28. The van der Waals surface area contributed by atoms with Crippen molar-refractivity contribution in [3.05, 3.63) is 77.4 Å². The number of rotatable bonds is 7. The van der Waals surface area contributed by atoms with Crippen LogP contribution in [0.4, 0.5) is 8.78 Å². The van der Waals surface area contributed by atoms with Crippen LogP contribution in [0.3, 0.4) is 0 Å². The molecule has 1 unspecified atom stereocenters. The van der Waals surface area contributed by atoms with Crippen molar-refractivity contribution in [1.29, 1.82) is 0 Å². The van der Waals surface area contributed by atoms with Gasteiger partial charge in [-0.25, -0.2) is 8.78 Å². The van der Waals surface area contributed by atoms with E-state index in [0.29, 0.717) is 0 Å². The topological polar surface area (TPSA) is 46.5 Å². The van der Waals surface area contributed by atoms with E-state index in [9.17, 15) is 18.7 Å². The zero-order chi connectivity index (χ0) is 19.2. The van der Waals surface area contributed by atoms with Crippen LogP contribution in [0.2, 0.25) is 0 Å². The molecule has 0 heterocycles. The van der Waals surface area contributed by atoms with Crippen LogP contribution in [0, 0.1) is 17.6 Å². The molecule has 0 aliphatic heterocycles. The van der Waals surface area contributed by atoms with Crippen LogP contribution in [-0.4, -0.2) is 16.7 Å². The lowest BCUT2D eigenvalue weighted by atomic mass is 9.86. The first kappa shape index (κ1) is 19.8. The Bertz CT molecular complexity index is 752. The molecule has 26 heavy (non-hydrogen) atoms. The highest BCUT2D eigenvalue weighted by atomic mass is 19.1. The molecule has 0 fully saturated rings. The lowest BCUT2D eigenvalue weighted by Crippen LogP contribution is -2.35. The van der Waals surface area contributed by atoms with E-state index in [1.54, 1.807) is 13.8 Å². The molecule has 0 aromatic heterocycles. The summed E-state index contributed by atoms with van der Waals surface area (Å²) < 4.78 is 31.7. The van der Waals surface area contributed by atoms with Crippen LogP contribution in [0.15, 0.2) is 54.6 Å². The molecule has 3 nitrogen and oxygen atoms in total. The second kappa shape index (κ2) is 8.72. The molecule has 0 radical (unpaired) electrons. The fourth-order valence-corrected chi connectivity index (χ4v) is 2.39. The summed E-state index contributed by atoms with van der Waals surface area (Å²) in [6.45, 7) is 3.62. The molecular formula is C21H22F2O3. The molecule has 1 N–H and O–H groups in total. The third-order valence-electron chi connectivity index (χ3n) is 4.12. The third-order valence-corrected chi connectivity index (χ3v) is 4.12. The van der Waals surface area contributed by atoms with E-state index in [1.807, 2.05) is 30.3 Å². The molecule has 0 saturated carbocycles. The molecule has 1 atom stereocenters. The summed E-state index contributed by atoms with van der Waals surface area (Å²) in [5.74, 6) is -2.28. The summed E-state index contributed by atoms with van der Waals surface area (Å²) in [6, 6.07) is 12.3. The van der Waals surface area contributed by atoms with Crippen molar-refractivity contribution >= 4 is 12.0 Å². The Morgan fingerprint density at radius 3 is 2.35 bits per heavy atom. The fourth-order valence-electron chi connectivity index (χ4n) is 2.39. The van der Waals surface area contributed by atoms with Gasteiger partial charge in [0.05, 0.1) is 12.0 Å². The number of hydrogen-bond donors (Lipinski definition) is 1. The normalized spacial score (nSPS) is 13.8. The maximum Gasteiger partial charge on any atom is 0.309 e. The van der Waals surface area contributed by atoms with Crippen LogP contribution < -0.4 is 0 Å². The molecule has 0 spiro atoms. The van der Waals surface area contributed by atoms with E-state index >= 15 is 0 Å². The van der Waals surface area contributed by atoms with E-state index in [-0.39, 0.29) is 24.5 Å². The smallest absolute Gasteiger partial charge is 0.309 e. The van der Waals surface area contributed by atoms with Crippen molar-refractivity contribution in [3.63, 3.8) is 0 Å². The highest BCUT2D eigenvalue weighted by Gasteiger charge is 2.31. The van der Waals surface area contributed by atoms with Gasteiger partial charge in [0.15, 0.2) is 0 Å². The van der Waals surface area contributed by atoms with E-state index in [4.69, 9.17) is 4.74 Å². The van der Waals surface area contributed by atoms with Gasteiger partial charge in [0.2, 0.25) is 0 Å². The first-order chi connectivity index (χ1) is 12.3. The Balaban J connectivity index is 2.05. The molecule has 2 aromatic carbocycles. The minimum Gasteiger partial charge on any atom is -0.461 e. The highest BCUT2D eigenvalue weighted by Crippen LogP contribution is 2.25. The summed E-state index contributed by atoms with van der Waals surface area (Å²) in [5.41, 5.74) is -0.379. The van der Waals surface area contributed by atoms with E-state index < -0.39 is 23.2 Å². The Hall–Kier alpha value is -2.53. The fraction of sp³-hybridized carbons (Fsp3) is 0.286. The van der Waals surface area contributed by atoms with Gasteiger partial charge in [-0.3, -0.25) is 4.79 Å². The predicted molar refractivity (Wildman–Crippen MR) is 96.0 cm³/mol. The van der Waals surface area contributed by atoms with Gasteiger partial charge in [-0.2, -0.15) is 0 Å². The van der Waals surface area contributed by atoms with E-state index in [2.05, 4.69) is 0 Å². The second-order valence-corrected chi connectivity index (χ2v) is 6.51. The van der Waals surface area contributed by atoms with Crippen molar-refractivity contribution in [2.24, 2.45) is 5.92 Å². The minimum absolute atomic E-state index is 0.118. The summed E-state index contributed by atoms with van der Waals surface area (Å²) in [4.78, 5) is 12.1. The van der Waals surface area contributed by atoms with Gasteiger partial charge in [-0.05, 0) is 29.2 Å². The predicted octanol–water partition coefficient (Wildman–Crippen LogP) is 4.50. The Labute approximate surface area is 151 Å². The SMILES string of the molecule is CC(C)C(O)(C=Cc1cc(F)cc(F)c1)CC(=O)OCc1ccccc1. The van der Waals surface area contributed by atoms with Crippen LogP contribution in [0.1, 0.15) is 31.4 Å². The largest absolute Gasteiger partial charge is 0.461 e. The molecule has 0 saturated heterocycles. The van der Waals surface area contributed by atoms with Crippen LogP contribution in [-0.2, 0) is 16.1 Å². The third kappa shape index (κ3) is 5.77. The standard InChI is InChI=1S/C21H22F2O3/c1-15(2)21(25,9-8-17-10-18(22)12-19(23)11-17)13-20(24)26-14-16-6-4-3-5-7-16/h3-12,15,25H,13-14H2,1-2H3. The second-order valence-electron chi connectivity index (χ2n) is 6.51. The van der Waals surface area contributed by atoms with Gasteiger partial charge in [0, 0.05) is 6.07 Å². The number of aliphatic hydroxyl groups is 1. The number of esters is 1. The van der Waals surface area contributed by atoms with Gasteiger partial charge >= 0.3 is 5.97 Å². The number of ether oxygens (including phenoxy) is 1. The van der Waals surface area contributed by atoms with Gasteiger partial charge in [0.1, 0.15) is 18.2 Å². The zero-order valence-electron chi connectivity index (χ0n) is 14.8. The van der Waals surface area contributed by atoms with E-state index in [1.165, 1.54) is 12.2 Å². The monoisotopic (exact) mass is 360 g/mol. The van der Waals surface area contributed by atoms with Crippen LogP contribution in [0.5, 0.6) is 0 Å². The van der Waals surface area contributed by atoms with Crippen molar-refractivity contribution < 1.29 is 23.4 Å². The molecule has 5 heteroatoms. The van der Waals surface area contributed by atoms with Crippen LogP contribution in [0.25, 0.3) is 6.08 Å². The average Bonchev–Trinajstić information content (AvgIpc) is 2.58. The van der Waals surface area contributed by atoms with Gasteiger partial charge in [-0.15, -0.1) is 0 Å². The van der Waals surface area contributed by atoms with Crippen molar-refractivity contribution in [3.8, 4) is 0 Å². The van der Waals surface area contributed by atoms with E-state index in [0.717, 1.165) is 23.8 Å². The number of halogens is 2.